The molecular weight excluding hydrogens is 387 g/mol. The minimum Gasteiger partial charge on any atom is -0.494 e. The first-order chi connectivity index (χ1) is 10.1. The molecule has 0 atom stereocenters. The van der Waals surface area contributed by atoms with Crippen LogP contribution in [0.2, 0.25) is 0 Å². The second-order valence-corrected chi connectivity index (χ2v) is 5.07. The first kappa shape index (κ1) is 15.2. The summed E-state index contributed by atoms with van der Waals surface area (Å²) in [5.74, 6) is 0.325. The summed E-state index contributed by atoms with van der Waals surface area (Å²) in [7, 11) is 1.43. The molecule has 2 rings (SSSR count). The molecule has 2 aromatic carbocycles. The van der Waals surface area contributed by atoms with Crippen LogP contribution in [0.3, 0.4) is 0 Å². The molecule has 0 aliphatic heterocycles. The van der Waals surface area contributed by atoms with E-state index < -0.39 is 4.92 Å². The maximum atomic E-state index is 10.7. The lowest BCUT2D eigenvalue weighted by atomic mass is 10.2. The minimum atomic E-state index is -0.486. The van der Waals surface area contributed by atoms with Crippen LogP contribution in [0.1, 0.15) is 0 Å². The Balaban J connectivity index is 2.16. The Morgan fingerprint density at radius 1 is 1.29 bits per heavy atom. The van der Waals surface area contributed by atoms with Crippen molar-refractivity contribution in [1.29, 1.82) is 0 Å². The number of rotatable bonds is 5. The van der Waals surface area contributed by atoms with Crippen LogP contribution in [0.15, 0.2) is 52.8 Å². The average molecular weight is 398 g/mol. The van der Waals surface area contributed by atoms with Gasteiger partial charge in [0.25, 0.3) is 5.69 Å². The third-order valence-corrected chi connectivity index (χ3v) is 3.49. The first-order valence-corrected chi connectivity index (χ1v) is 6.93. The second-order valence-electron chi connectivity index (χ2n) is 3.90. The van der Waals surface area contributed by atoms with Crippen LogP contribution in [-0.2, 0) is 0 Å². The number of benzene rings is 2. The maximum Gasteiger partial charge on any atom is 0.273 e. The molecule has 0 aliphatic rings. The molecule has 0 saturated carbocycles. The highest BCUT2D eigenvalue weighted by Gasteiger charge is 2.10. The summed E-state index contributed by atoms with van der Waals surface area (Å²) in [5, 5.41) is 18.6. The number of halogens is 1. The van der Waals surface area contributed by atoms with Gasteiger partial charge in [-0.1, -0.05) is 17.4 Å². The van der Waals surface area contributed by atoms with Gasteiger partial charge in [0.1, 0.15) is 11.4 Å². The zero-order valence-corrected chi connectivity index (χ0v) is 13.1. The molecule has 0 fully saturated rings. The summed E-state index contributed by atoms with van der Waals surface area (Å²) in [6, 6.07) is 11.7. The van der Waals surface area contributed by atoms with Crippen molar-refractivity contribution >= 4 is 39.7 Å². The number of methoxy groups -OCH3 is 1. The standard InChI is InChI=1S/C13H11IN4O3/c1-21-13-8-9(18(19)20)6-7-12(13)16-17-15-11-5-3-2-4-10(11)14/h2-8H,1H3,(H,15,16). The lowest BCUT2D eigenvalue weighted by Gasteiger charge is -2.06. The quantitative estimate of drug-likeness (QED) is 0.352. The van der Waals surface area contributed by atoms with Crippen molar-refractivity contribution < 1.29 is 9.66 Å². The summed E-state index contributed by atoms with van der Waals surface area (Å²) in [6.45, 7) is 0. The molecule has 7 nitrogen and oxygen atoms in total. The van der Waals surface area contributed by atoms with Crippen molar-refractivity contribution in [1.82, 2.24) is 0 Å². The second kappa shape index (κ2) is 6.97. The third-order valence-electron chi connectivity index (χ3n) is 2.58. The van der Waals surface area contributed by atoms with E-state index in [1.807, 2.05) is 24.3 Å². The number of ether oxygens (including phenoxy) is 1. The van der Waals surface area contributed by atoms with E-state index in [1.165, 1.54) is 25.3 Å². The molecule has 0 bridgehead atoms. The van der Waals surface area contributed by atoms with E-state index in [-0.39, 0.29) is 5.69 Å². The monoisotopic (exact) mass is 398 g/mol. The summed E-state index contributed by atoms with van der Waals surface area (Å²) >= 11 is 2.16. The summed E-state index contributed by atoms with van der Waals surface area (Å²) in [4.78, 5) is 10.2. The first-order valence-electron chi connectivity index (χ1n) is 5.85. The van der Waals surface area contributed by atoms with Crippen LogP contribution < -0.4 is 10.2 Å². The maximum absolute atomic E-state index is 10.7. The Bertz CT molecular complexity index is 691. The molecular formula is C13H11IN4O3. The van der Waals surface area contributed by atoms with Crippen molar-refractivity contribution in [3.63, 3.8) is 0 Å². The van der Waals surface area contributed by atoms with Gasteiger partial charge in [0.2, 0.25) is 0 Å². The fourth-order valence-electron chi connectivity index (χ4n) is 1.55. The molecule has 8 heteroatoms. The Kier molecular flexibility index (Phi) is 5.04. The number of non-ortho nitro benzene ring substituents is 1. The van der Waals surface area contributed by atoms with Crippen LogP contribution in [0, 0.1) is 13.7 Å². The number of hydrogen-bond donors (Lipinski definition) is 1. The van der Waals surface area contributed by atoms with Gasteiger partial charge in [0.05, 0.1) is 18.1 Å². The van der Waals surface area contributed by atoms with Gasteiger partial charge >= 0.3 is 0 Å². The van der Waals surface area contributed by atoms with E-state index in [0.29, 0.717) is 11.4 Å². The predicted octanol–water partition coefficient (Wildman–Crippen LogP) is 4.32. The zero-order chi connectivity index (χ0) is 15.2. The summed E-state index contributed by atoms with van der Waals surface area (Å²) < 4.78 is 6.06. The van der Waals surface area contributed by atoms with Gasteiger partial charge in [-0.05, 0) is 40.8 Å². The topological polar surface area (TPSA) is 89.1 Å². The third kappa shape index (κ3) is 3.88. The Labute approximate surface area is 134 Å². The van der Waals surface area contributed by atoms with Gasteiger partial charge < -0.3 is 4.74 Å². The molecule has 0 aromatic heterocycles. The van der Waals surface area contributed by atoms with E-state index in [0.717, 1.165) is 9.26 Å². The fourth-order valence-corrected chi connectivity index (χ4v) is 2.05. The van der Waals surface area contributed by atoms with Crippen molar-refractivity contribution in [3.05, 3.63) is 56.1 Å². The van der Waals surface area contributed by atoms with Gasteiger partial charge in [0.15, 0.2) is 5.75 Å². The minimum absolute atomic E-state index is 0.0491. The summed E-state index contributed by atoms with van der Waals surface area (Å²) in [6.07, 6.45) is 0. The largest absolute Gasteiger partial charge is 0.494 e. The number of nitrogens with zero attached hydrogens (tertiary/aromatic N) is 3. The van der Waals surface area contributed by atoms with Gasteiger partial charge in [-0.25, -0.2) is 0 Å². The molecule has 0 spiro atoms. The molecule has 0 amide bonds. The lowest BCUT2D eigenvalue weighted by molar-refractivity contribution is -0.384. The Morgan fingerprint density at radius 2 is 2.05 bits per heavy atom. The number of nitrogens with one attached hydrogen (secondary N) is 1. The van der Waals surface area contributed by atoms with E-state index in [9.17, 15) is 10.1 Å². The smallest absolute Gasteiger partial charge is 0.273 e. The summed E-state index contributed by atoms with van der Waals surface area (Å²) in [5.41, 5.74) is 3.89. The van der Waals surface area contributed by atoms with E-state index in [4.69, 9.17) is 4.74 Å². The number of nitro benzene ring substituents is 1. The molecule has 0 aliphatic carbocycles. The Hall–Kier alpha value is -2.23. The van der Waals surface area contributed by atoms with E-state index >= 15 is 0 Å². The van der Waals surface area contributed by atoms with E-state index in [1.54, 1.807) is 0 Å². The fraction of sp³-hybridized carbons (Fsp3) is 0.0769. The van der Waals surface area contributed by atoms with Crippen molar-refractivity contribution in [2.75, 3.05) is 12.5 Å². The molecule has 21 heavy (non-hydrogen) atoms. The highest BCUT2D eigenvalue weighted by atomic mass is 127. The molecule has 1 N–H and O–H groups in total. The van der Waals surface area contributed by atoms with Gasteiger partial charge in [-0.2, -0.15) is 0 Å². The van der Waals surface area contributed by atoms with Crippen LogP contribution in [-0.4, -0.2) is 12.0 Å². The average Bonchev–Trinajstić information content (AvgIpc) is 2.49. The molecule has 2 aromatic rings. The predicted molar refractivity (Wildman–Crippen MR) is 86.9 cm³/mol. The van der Waals surface area contributed by atoms with Gasteiger partial charge in [-0.3, -0.25) is 15.5 Å². The highest BCUT2D eigenvalue weighted by Crippen LogP contribution is 2.29. The highest BCUT2D eigenvalue weighted by molar-refractivity contribution is 14.1. The Morgan fingerprint density at radius 3 is 2.71 bits per heavy atom. The van der Waals surface area contributed by atoms with Gasteiger partial charge in [-0.15, -0.1) is 5.11 Å². The van der Waals surface area contributed by atoms with Crippen LogP contribution >= 0.6 is 22.6 Å². The van der Waals surface area contributed by atoms with E-state index in [2.05, 4.69) is 38.4 Å². The molecule has 0 heterocycles. The van der Waals surface area contributed by atoms with Crippen molar-refractivity contribution in [2.24, 2.45) is 10.3 Å². The lowest BCUT2D eigenvalue weighted by Crippen LogP contribution is -1.95. The van der Waals surface area contributed by atoms with Crippen LogP contribution in [0.25, 0.3) is 0 Å². The van der Waals surface area contributed by atoms with Crippen LogP contribution in [0.5, 0.6) is 5.75 Å². The van der Waals surface area contributed by atoms with Crippen molar-refractivity contribution in [3.8, 4) is 5.75 Å². The number of nitro groups is 1. The molecule has 108 valence electrons. The van der Waals surface area contributed by atoms with Crippen molar-refractivity contribution in [2.45, 2.75) is 0 Å². The normalized spacial score (nSPS) is 10.6. The zero-order valence-electron chi connectivity index (χ0n) is 11.0. The SMILES string of the molecule is COc1cc([N+](=O)[O-])ccc1NN=Nc1ccccc1I. The van der Waals surface area contributed by atoms with Gasteiger partial charge in [0, 0.05) is 9.64 Å². The van der Waals surface area contributed by atoms with Crippen LogP contribution in [0.4, 0.5) is 17.1 Å². The molecule has 0 unspecified atom stereocenters. The number of hydrogen-bond acceptors (Lipinski definition) is 5. The number of anilines is 1. The molecule has 0 saturated heterocycles. The molecule has 0 radical (unpaired) electrons.